The molecule has 0 amide bonds. The van der Waals surface area contributed by atoms with E-state index >= 15 is 0 Å². The molecular formula is C38H58BClN5O2+2. The molecule has 0 aliphatic rings. The van der Waals surface area contributed by atoms with Crippen LogP contribution in [0.5, 0.6) is 0 Å². The monoisotopic (exact) mass is 662 g/mol. The number of aryl methyl sites for hydroxylation is 1. The van der Waals surface area contributed by atoms with Crippen LogP contribution >= 0.6 is 11.6 Å². The summed E-state index contributed by atoms with van der Waals surface area (Å²) in [5, 5.41) is 10.3. The van der Waals surface area contributed by atoms with Gasteiger partial charge in [0.1, 0.15) is 21.5 Å². The molecule has 2 N–H and O–H groups in total. The highest BCUT2D eigenvalue weighted by atomic mass is 35.5. The first kappa shape index (κ1) is 38.2. The van der Waals surface area contributed by atoms with Crippen LogP contribution in [-0.4, -0.2) is 59.1 Å². The minimum Gasteiger partial charge on any atom is -0.383 e. The SMILES string of the molecule is CC.C[B]CCCCCCCCCCN(CCNc1cc[n+](OC)c2cc(C)ccc12)CCNc1cc[n+](OC)c2cc(Cl)ccc12. The van der Waals surface area contributed by atoms with Crippen molar-refractivity contribution in [2.24, 2.45) is 0 Å². The summed E-state index contributed by atoms with van der Waals surface area (Å²) in [6.07, 6.45) is 15.8. The van der Waals surface area contributed by atoms with Crippen LogP contribution in [0.25, 0.3) is 21.8 Å². The lowest BCUT2D eigenvalue weighted by atomic mass is 9.76. The fourth-order valence-electron chi connectivity index (χ4n) is 6.00. The standard InChI is InChI=1S/C36H50BClN5O2.C2H6/c1-29-13-15-31-33(17-23-42(44-3)35(31)27-29)39-20-25-41(22-12-10-8-6-5-7-9-11-19-37-2)26-21-40-34-18-24-43(45-4)36-28-30(38)14-16-32(34)36;1-2/h13-18,23-24,27-28H,5-12,19-22,25-26H2,1-4H3;1-2H3/p+2. The van der Waals surface area contributed by atoms with E-state index in [1.807, 2.05) is 43.1 Å². The van der Waals surface area contributed by atoms with Gasteiger partial charge in [0.25, 0.3) is 11.0 Å². The van der Waals surface area contributed by atoms with Crippen LogP contribution in [0.15, 0.2) is 60.9 Å². The Morgan fingerprint density at radius 2 is 1.19 bits per heavy atom. The zero-order valence-corrected chi connectivity index (χ0v) is 30.5. The molecular weight excluding hydrogens is 605 g/mol. The number of hydrogen-bond acceptors (Lipinski definition) is 5. The zero-order valence-electron chi connectivity index (χ0n) is 29.8. The molecule has 0 aliphatic carbocycles. The lowest BCUT2D eigenvalue weighted by molar-refractivity contribution is -0.865. The molecule has 0 fully saturated rings. The Kier molecular flexibility index (Phi) is 17.6. The van der Waals surface area contributed by atoms with Crippen LogP contribution in [0.4, 0.5) is 11.4 Å². The predicted octanol–water partition coefficient (Wildman–Crippen LogP) is 7.79. The molecule has 0 saturated carbocycles. The Morgan fingerprint density at radius 3 is 1.74 bits per heavy atom. The van der Waals surface area contributed by atoms with E-state index in [2.05, 4.69) is 73.0 Å². The van der Waals surface area contributed by atoms with E-state index in [0.29, 0.717) is 5.02 Å². The predicted molar refractivity (Wildman–Crippen MR) is 201 cm³/mol. The second kappa shape index (κ2) is 21.6. The summed E-state index contributed by atoms with van der Waals surface area (Å²) in [4.78, 5) is 13.7. The fourth-order valence-corrected chi connectivity index (χ4v) is 6.16. The number of benzene rings is 2. The topological polar surface area (TPSA) is 53.5 Å². The maximum absolute atomic E-state index is 6.30. The van der Waals surface area contributed by atoms with Gasteiger partial charge in [0.05, 0.1) is 22.1 Å². The molecule has 7 nitrogen and oxygen atoms in total. The number of fused-ring (bicyclic) bond motifs is 2. The highest BCUT2D eigenvalue weighted by Crippen LogP contribution is 2.24. The number of halogens is 1. The number of nitrogens with one attached hydrogen (secondary N) is 2. The number of anilines is 2. The Labute approximate surface area is 289 Å². The van der Waals surface area contributed by atoms with E-state index in [9.17, 15) is 0 Å². The largest absolute Gasteiger partial charge is 0.383 e. The van der Waals surface area contributed by atoms with Crippen molar-refractivity contribution in [3.63, 3.8) is 0 Å². The van der Waals surface area contributed by atoms with Crippen molar-refractivity contribution in [2.75, 3.05) is 57.6 Å². The van der Waals surface area contributed by atoms with Gasteiger partial charge in [-0.1, -0.05) is 89.6 Å². The summed E-state index contributed by atoms with van der Waals surface area (Å²) in [6, 6.07) is 16.6. The van der Waals surface area contributed by atoms with Crippen molar-refractivity contribution >= 4 is 52.1 Å². The zero-order chi connectivity index (χ0) is 33.9. The average molecular weight is 663 g/mol. The van der Waals surface area contributed by atoms with Crippen molar-refractivity contribution in [2.45, 2.75) is 85.3 Å². The van der Waals surface area contributed by atoms with Gasteiger partial charge in [0, 0.05) is 64.9 Å². The van der Waals surface area contributed by atoms with Gasteiger partial charge in [-0.2, -0.15) is 0 Å². The van der Waals surface area contributed by atoms with Gasteiger partial charge in [-0.3, -0.25) is 14.6 Å². The third kappa shape index (κ3) is 12.1. The molecule has 2 aromatic heterocycles. The molecule has 2 heterocycles. The van der Waals surface area contributed by atoms with E-state index in [0.717, 1.165) is 65.9 Å². The Bertz CT molecular complexity index is 1390. The molecule has 9 heteroatoms. The first-order valence-corrected chi connectivity index (χ1v) is 18.1. The summed E-state index contributed by atoms with van der Waals surface area (Å²) in [5.74, 6) is 0. The second-order valence-electron chi connectivity index (χ2n) is 11.9. The molecule has 0 aliphatic heterocycles. The molecule has 4 rings (SSSR count). The molecule has 47 heavy (non-hydrogen) atoms. The summed E-state index contributed by atoms with van der Waals surface area (Å²) < 4.78 is 3.57. The maximum Gasteiger partial charge on any atom is 0.268 e. The van der Waals surface area contributed by atoms with Crippen molar-refractivity contribution in [3.05, 3.63) is 71.5 Å². The van der Waals surface area contributed by atoms with Gasteiger partial charge in [0.2, 0.25) is 12.4 Å². The van der Waals surface area contributed by atoms with E-state index < -0.39 is 0 Å². The first-order valence-electron chi connectivity index (χ1n) is 17.7. The number of hydrogen-bond donors (Lipinski definition) is 2. The lowest BCUT2D eigenvalue weighted by Crippen LogP contribution is -2.41. The first-order chi connectivity index (χ1) is 23.0. The van der Waals surface area contributed by atoms with Gasteiger partial charge in [-0.25, -0.2) is 0 Å². The Morgan fingerprint density at radius 1 is 0.681 bits per heavy atom. The minimum atomic E-state index is 0.692. The van der Waals surface area contributed by atoms with E-state index in [1.54, 1.807) is 19.0 Å². The summed E-state index contributed by atoms with van der Waals surface area (Å²) in [6.45, 7) is 13.0. The quantitative estimate of drug-likeness (QED) is 0.0542. The van der Waals surface area contributed by atoms with E-state index in [-0.39, 0.29) is 0 Å². The van der Waals surface area contributed by atoms with Crippen LogP contribution in [0.3, 0.4) is 0 Å². The van der Waals surface area contributed by atoms with Crippen molar-refractivity contribution in [3.8, 4) is 0 Å². The van der Waals surface area contributed by atoms with Gasteiger partial charge in [-0.05, 0) is 43.7 Å². The Hall–Kier alpha value is -3.23. The molecule has 0 spiro atoms. The number of unbranched alkanes of at least 4 members (excludes halogenated alkanes) is 7. The van der Waals surface area contributed by atoms with Crippen LogP contribution in [0, 0.1) is 6.92 Å². The summed E-state index contributed by atoms with van der Waals surface area (Å²) in [5.41, 5.74) is 5.44. The average Bonchev–Trinajstić information content (AvgIpc) is 3.09. The number of aromatic nitrogens is 2. The van der Waals surface area contributed by atoms with Gasteiger partial charge in [0.15, 0.2) is 0 Å². The molecule has 2 aromatic carbocycles. The highest BCUT2D eigenvalue weighted by molar-refractivity contribution is 6.33. The van der Waals surface area contributed by atoms with Crippen LogP contribution < -0.4 is 29.8 Å². The van der Waals surface area contributed by atoms with Crippen molar-refractivity contribution in [1.29, 1.82) is 0 Å². The van der Waals surface area contributed by atoms with Crippen LogP contribution in [0.1, 0.15) is 70.8 Å². The van der Waals surface area contributed by atoms with Crippen LogP contribution in [0.2, 0.25) is 18.2 Å². The number of nitrogens with zero attached hydrogens (tertiary/aromatic N) is 3. The second-order valence-corrected chi connectivity index (χ2v) is 12.3. The summed E-state index contributed by atoms with van der Waals surface area (Å²) >= 11 is 6.30. The third-order valence-corrected chi connectivity index (χ3v) is 8.75. The van der Waals surface area contributed by atoms with Gasteiger partial charge >= 0.3 is 0 Å². The smallest absolute Gasteiger partial charge is 0.268 e. The molecule has 0 bridgehead atoms. The fraction of sp³-hybridized carbons (Fsp3) is 0.526. The molecule has 255 valence electrons. The molecule has 1 radical (unpaired) electrons. The lowest BCUT2D eigenvalue weighted by Gasteiger charge is -2.23. The highest BCUT2D eigenvalue weighted by Gasteiger charge is 2.16. The van der Waals surface area contributed by atoms with E-state index in [4.69, 9.17) is 21.3 Å². The normalized spacial score (nSPS) is 11.0. The number of rotatable bonds is 21. The molecule has 0 atom stereocenters. The molecule has 0 saturated heterocycles. The summed E-state index contributed by atoms with van der Waals surface area (Å²) in [7, 11) is 5.65. The van der Waals surface area contributed by atoms with Gasteiger partial charge in [-0.15, -0.1) is 0 Å². The van der Waals surface area contributed by atoms with Gasteiger partial charge < -0.3 is 10.6 Å². The number of pyridine rings is 2. The maximum atomic E-state index is 6.30. The van der Waals surface area contributed by atoms with Crippen molar-refractivity contribution < 1.29 is 19.1 Å². The molecule has 4 aromatic rings. The third-order valence-electron chi connectivity index (χ3n) is 8.52. The molecule has 0 unspecified atom stereocenters. The minimum absolute atomic E-state index is 0.692. The van der Waals surface area contributed by atoms with E-state index in [1.165, 1.54) is 63.3 Å². The van der Waals surface area contributed by atoms with Crippen molar-refractivity contribution in [1.82, 2.24) is 4.90 Å². The van der Waals surface area contributed by atoms with Crippen LogP contribution in [-0.2, 0) is 0 Å². The Balaban J connectivity index is 0.00000294.